The summed E-state index contributed by atoms with van der Waals surface area (Å²) >= 11 is 0. The summed E-state index contributed by atoms with van der Waals surface area (Å²) in [6, 6.07) is 4.82. The monoisotopic (exact) mass is 416 g/mol. The van der Waals surface area contributed by atoms with Gasteiger partial charge in [0.05, 0.1) is 16.3 Å². The normalized spacial score (nSPS) is 20.8. The number of hydrogen-bond donors (Lipinski definition) is 3. The second-order valence-electron chi connectivity index (χ2n) is 7.38. The third-order valence-corrected chi connectivity index (χ3v) is 7.31. The topological polar surface area (TPSA) is 90.5 Å². The number of carbonyl (C=O) groups excluding carboxylic acids is 1. The van der Waals surface area contributed by atoms with Crippen LogP contribution in [0.5, 0.6) is 0 Å². The minimum Gasteiger partial charge on any atom is -0.384 e. The standard InChI is InChI=1S/C18H28N4O3S.ClH/c1-4-20-15-6-5-13(26(24,25)22(2)3)11-16(15)21-17(23)14-12-18(14)7-9-19-10-8-18;/h5-6,11,14,19-20H,4,7-10,12H2,1-3H3,(H,21,23);1H. The predicted molar refractivity (Wildman–Crippen MR) is 110 cm³/mol. The lowest BCUT2D eigenvalue weighted by Gasteiger charge is -2.23. The van der Waals surface area contributed by atoms with Crippen molar-refractivity contribution in [1.29, 1.82) is 0 Å². The van der Waals surface area contributed by atoms with E-state index in [9.17, 15) is 13.2 Å². The van der Waals surface area contributed by atoms with E-state index in [0.29, 0.717) is 12.2 Å². The van der Waals surface area contributed by atoms with Crippen molar-refractivity contribution in [3.63, 3.8) is 0 Å². The Kier molecular flexibility index (Phi) is 6.78. The average molecular weight is 417 g/mol. The number of piperidine rings is 1. The van der Waals surface area contributed by atoms with Crippen molar-refractivity contribution in [2.45, 2.75) is 31.1 Å². The highest BCUT2D eigenvalue weighted by atomic mass is 35.5. The van der Waals surface area contributed by atoms with E-state index in [-0.39, 0.29) is 34.5 Å². The van der Waals surface area contributed by atoms with Crippen LogP contribution in [0.2, 0.25) is 0 Å². The molecule has 1 unspecified atom stereocenters. The lowest BCUT2D eigenvalue weighted by molar-refractivity contribution is -0.118. The highest BCUT2D eigenvalue weighted by molar-refractivity contribution is 7.89. The maximum atomic E-state index is 12.8. The maximum absolute atomic E-state index is 12.8. The van der Waals surface area contributed by atoms with Gasteiger partial charge in [-0.05, 0) is 62.9 Å². The molecule has 0 radical (unpaired) electrons. The van der Waals surface area contributed by atoms with Gasteiger partial charge in [-0.3, -0.25) is 4.79 Å². The quantitative estimate of drug-likeness (QED) is 0.660. The minimum atomic E-state index is -3.55. The van der Waals surface area contributed by atoms with Gasteiger partial charge in [-0.1, -0.05) is 0 Å². The Balaban J connectivity index is 0.00000261. The number of rotatable bonds is 6. The molecule has 2 fully saturated rings. The predicted octanol–water partition coefficient (Wildman–Crippen LogP) is 2.12. The first-order valence-electron chi connectivity index (χ1n) is 9.12. The Bertz CT molecular complexity index is 792. The number of hydrogen-bond acceptors (Lipinski definition) is 5. The van der Waals surface area contributed by atoms with Gasteiger partial charge in [0.1, 0.15) is 0 Å². The molecule has 1 spiro atoms. The van der Waals surface area contributed by atoms with E-state index in [4.69, 9.17) is 0 Å². The molecule has 1 atom stereocenters. The van der Waals surface area contributed by atoms with Crippen molar-refractivity contribution in [1.82, 2.24) is 9.62 Å². The van der Waals surface area contributed by atoms with Crippen LogP contribution in [-0.2, 0) is 14.8 Å². The number of halogens is 1. The van der Waals surface area contributed by atoms with E-state index in [2.05, 4.69) is 16.0 Å². The maximum Gasteiger partial charge on any atom is 0.242 e. The molecule has 1 saturated carbocycles. The molecule has 1 heterocycles. The molecule has 1 amide bonds. The van der Waals surface area contributed by atoms with Crippen molar-refractivity contribution in [2.75, 3.05) is 44.4 Å². The highest BCUT2D eigenvalue weighted by Gasteiger charge is 2.57. The largest absolute Gasteiger partial charge is 0.384 e. The van der Waals surface area contributed by atoms with Gasteiger partial charge in [0.25, 0.3) is 0 Å². The first-order valence-corrected chi connectivity index (χ1v) is 10.6. The Labute approximate surface area is 167 Å². The van der Waals surface area contributed by atoms with E-state index in [0.717, 1.165) is 38.0 Å². The van der Waals surface area contributed by atoms with Gasteiger partial charge in [-0.15, -0.1) is 12.4 Å². The second kappa shape index (κ2) is 8.34. The third-order valence-electron chi connectivity index (χ3n) is 5.50. The van der Waals surface area contributed by atoms with Crippen molar-refractivity contribution in [3.05, 3.63) is 18.2 Å². The van der Waals surface area contributed by atoms with E-state index in [1.807, 2.05) is 6.92 Å². The summed E-state index contributed by atoms with van der Waals surface area (Å²) < 4.78 is 26.0. The van der Waals surface area contributed by atoms with E-state index < -0.39 is 10.0 Å². The summed E-state index contributed by atoms with van der Waals surface area (Å²) in [6.45, 7) is 4.56. The zero-order chi connectivity index (χ0) is 18.9. The molecular formula is C18H29ClN4O3S. The van der Waals surface area contributed by atoms with Gasteiger partial charge in [0, 0.05) is 26.6 Å². The van der Waals surface area contributed by atoms with Crippen LogP contribution in [0.15, 0.2) is 23.1 Å². The van der Waals surface area contributed by atoms with Crippen LogP contribution in [0.4, 0.5) is 11.4 Å². The molecule has 1 aliphatic carbocycles. The first kappa shape index (κ1) is 21.9. The van der Waals surface area contributed by atoms with E-state index in [1.165, 1.54) is 18.4 Å². The van der Waals surface area contributed by atoms with Crippen LogP contribution in [-0.4, -0.2) is 52.4 Å². The molecule has 2 aliphatic rings. The lowest BCUT2D eigenvalue weighted by atomic mass is 9.92. The summed E-state index contributed by atoms with van der Waals surface area (Å²) in [5.41, 5.74) is 1.40. The summed E-state index contributed by atoms with van der Waals surface area (Å²) in [5, 5.41) is 9.50. The number of carbonyl (C=O) groups is 1. The zero-order valence-corrected chi connectivity index (χ0v) is 17.7. The molecule has 9 heteroatoms. The highest BCUT2D eigenvalue weighted by Crippen LogP contribution is 2.58. The first-order chi connectivity index (χ1) is 12.3. The number of amides is 1. The van der Waals surface area contributed by atoms with Crippen LogP contribution in [0.1, 0.15) is 26.2 Å². The smallest absolute Gasteiger partial charge is 0.242 e. The Morgan fingerprint density at radius 3 is 2.52 bits per heavy atom. The Morgan fingerprint density at radius 2 is 1.93 bits per heavy atom. The van der Waals surface area contributed by atoms with E-state index in [1.54, 1.807) is 18.2 Å². The summed E-state index contributed by atoms with van der Waals surface area (Å²) in [6.07, 6.45) is 2.98. The zero-order valence-electron chi connectivity index (χ0n) is 16.0. The molecule has 3 rings (SSSR count). The summed E-state index contributed by atoms with van der Waals surface area (Å²) in [4.78, 5) is 13.0. The molecule has 1 aromatic rings. The van der Waals surface area contributed by atoms with E-state index >= 15 is 0 Å². The second-order valence-corrected chi connectivity index (χ2v) is 9.54. The van der Waals surface area contributed by atoms with Gasteiger partial charge >= 0.3 is 0 Å². The minimum absolute atomic E-state index is 0. The van der Waals surface area contributed by atoms with Crippen LogP contribution in [0.3, 0.4) is 0 Å². The number of benzene rings is 1. The van der Waals surface area contributed by atoms with Crippen molar-refractivity contribution < 1.29 is 13.2 Å². The molecule has 27 heavy (non-hydrogen) atoms. The van der Waals surface area contributed by atoms with Crippen LogP contribution in [0.25, 0.3) is 0 Å². The average Bonchev–Trinajstić information content (AvgIpc) is 3.30. The Morgan fingerprint density at radius 1 is 1.26 bits per heavy atom. The van der Waals surface area contributed by atoms with Gasteiger partial charge in [0.2, 0.25) is 15.9 Å². The molecule has 0 bridgehead atoms. The number of sulfonamides is 1. The SMILES string of the molecule is CCNc1ccc(S(=O)(=O)N(C)C)cc1NC(=O)C1CC12CCNCC2.Cl. The molecule has 1 aliphatic heterocycles. The van der Waals surface area contributed by atoms with Crippen LogP contribution < -0.4 is 16.0 Å². The van der Waals surface area contributed by atoms with Crippen LogP contribution >= 0.6 is 12.4 Å². The van der Waals surface area contributed by atoms with Crippen molar-refractivity contribution in [2.24, 2.45) is 11.3 Å². The van der Waals surface area contributed by atoms with Crippen molar-refractivity contribution >= 4 is 39.7 Å². The fourth-order valence-corrected chi connectivity index (χ4v) is 4.69. The van der Waals surface area contributed by atoms with Gasteiger partial charge in [-0.25, -0.2) is 12.7 Å². The number of nitrogens with zero attached hydrogens (tertiary/aromatic N) is 1. The fourth-order valence-electron chi connectivity index (χ4n) is 3.76. The lowest BCUT2D eigenvalue weighted by Crippen LogP contribution is -2.31. The molecular weight excluding hydrogens is 388 g/mol. The van der Waals surface area contributed by atoms with Gasteiger partial charge in [0.15, 0.2) is 0 Å². The molecule has 7 nitrogen and oxygen atoms in total. The molecule has 3 N–H and O–H groups in total. The molecule has 1 saturated heterocycles. The summed E-state index contributed by atoms with van der Waals surface area (Å²) in [7, 11) is -0.559. The number of nitrogens with one attached hydrogen (secondary N) is 3. The van der Waals surface area contributed by atoms with Gasteiger partial charge < -0.3 is 16.0 Å². The fraction of sp³-hybridized carbons (Fsp3) is 0.611. The number of anilines is 2. The molecule has 1 aromatic carbocycles. The molecule has 152 valence electrons. The Hall–Kier alpha value is -1.35. The third kappa shape index (κ3) is 4.39. The van der Waals surface area contributed by atoms with Crippen molar-refractivity contribution in [3.8, 4) is 0 Å². The molecule has 0 aromatic heterocycles. The van der Waals surface area contributed by atoms with Crippen LogP contribution in [0, 0.1) is 11.3 Å². The summed E-state index contributed by atoms with van der Waals surface area (Å²) in [5.74, 6) is 0.0126. The van der Waals surface area contributed by atoms with Gasteiger partial charge in [-0.2, -0.15) is 0 Å².